The first-order chi connectivity index (χ1) is 23.1. The van der Waals surface area contributed by atoms with Gasteiger partial charge >= 0.3 is 12.1 Å². The van der Waals surface area contributed by atoms with Gasteiger partial charge in [-0.3, -0.25) is 18.9 Å². The minimum absolute atomic E-state index is 0.0469. The number of carbonyl (C=O) groups excluding carboxylic acids is 4. The van der Waals surface area contributed by atoms with Crippen molar-refractivity contribution in [2.24, 2.45) is 0 Å². The van der Waals surface area contributed by atoms with E-state index in [4.69, 9.17) is 18.8 Å². The van der Waals surface area contributed by atoms with Crippen LogP contribution in [-0.2, 0) is 59.3 Å². The van der Waals surface area contributed by atoms with Crippen molar-refractivity contribution in [2.45, 2.75) is 76.6 Å². The van der Waals surface area contributed by atoms with Crippen LogP contribution in [0.3, 0.4) is 0 Å². The van der Waals surface area contributed by atoms with Crippen LogP contribution in [0.1, 0.15) is 55.9 Å². The lowest BCUT2D eigenvalue weighted by molar-refractivity contribution is -0.145. The zero-order chi connectivity index (χ0) is 36.0. The van der Waals surface area contributed by atoms with Crippen molar-refractivity contribution in [3.05, 3.63) is 101 Å². The summed E-state index contributed by atoms with van der Waals surface area (Å²) in [6.45, 7) is 5.16. The molecule has 0 aliphatic carbocycles. The molecule has 0 unspecified atom stereocenters. The molecule has 13 nitrogen and oxygen atoms in total. The lowest BCUT2D eigenvalue weighted by atomic mass is 10.0. The maximum atomic E-state index is 13.7. The van der Waals surface area contributed by atoms with Crippen LogP contribution in [0.15, 0.2) is 78.9 Å². The molecule has 49 heavy (non-hydrogen) atoms. The molecular weight excluding hydrogens is 654 g/mol. The van der Waals surface area contributed by atoms with Crippen molar-refractivity contribution in [3.63, 3.8) is 0 Å². The van der Waals surface area contributed by atoms with Gasteiger partial charge in [-0.2, -0.15) is 8.42 Å². The second-order valence-electron chi connectivity index (χ2n) is 12.3. The van der Waals surface area contributed by atoms with E-state index in [2.05, 4.69) is 16.0 Å². The summed E-state index contributed by atoms with van der Waals surface area (Å²) >= 11 is 0. The second-order valence-corrected chi connectivity index (χ2v) is 13.7. The van der Waals surface area contributed by atoms with Gasteiger partial charge in [0.25, 0.3) is 10.1 Å². The summed E-state index contributed by atoms with van der Waals surface area (Å²) in [7, 11) is -2.71. The Morgan fingerprint density at radius 2 is 1.39 bits per heavy atom. The van der Waals surface area contributed by atoms with Crippen molar-refractivity contribution in [1.29, 1.82) is 0 Å². The molecule has 0 aliphatic rings. The van der Waals surface area contributed by atoms with Crippen LogP contribution in [0.25, 0.3) is 0 Å². The summed E-state index contributed by atoms with van der Waals surface area (Å²) in [5.74, 6) is -1.81. The third-order valence-electron chi connectivity index (χ3n) is 6.96. The molecule has 0 saturated heterocycles. The number of nitrogens with one attached hydrogen (secondary N) is 3. The van der Waals surface area contributed by atoms with Crippen LogP contribution in [0.4, 0.5) is 4.79 Å². The number of esters is 1. The highest BCUT2D eigenvalue weighted by atomic mass is 32.2. The molecule has 0 aromatic heterocycles. The molecule has 3 amide bonds. The van der Waals surface area contributed by atoms with E-state index in [0.29, 0.717) is 16.9 Å². The zero-order valence-corrected chi connectivity index (χ0v) is 28.7. The van der Waals surface area contributed by atoms with Gasteiger partial charge in [0.05, 0.1) is 7.11 Å². The monoisotopic (exact) mass is 697 g/mol. The van der Waals surface area contributed by atoms with Gasteiger partial charge in [0.1, 0.15) is 35.8 Å². The Morgan fingerprint density at radius 1 is 0.776 bits per heavy atom. The van der Waals surface area contributed by atoms with Crippen LogP contribution < -0.4 is 20.7 Å². The van der Waals surface area contributed by atoms with Gasteiger partial charge in [-0.05, 0) is 61.6 Å². The minimum atomic E-state index is -4.25. The van der Waals surface area contributed by atoms with Crippen molar-refractivity contribution >= 4 is 34.0 Å². The number of rotatable bonds is 16. The Labute approximate surface area is 286 Å². The molecule has 14 heteroatoms. The van der Waals surface area contributed by atoms with Crippen molar-refractivity contribution < 1.29 is 46.4 Å². The number of amides is 3. The van der Waals surface area contributed by atoms with E-state index in [9.17, 15) is 27.6 Å². The molecular formula is C35H43N3O10S. The quantitative estimate of drug-likeness (QED) is 0.127. The highest BCUT2D eigenvalue weighted by Gasteiger charge is 2.29. The fourth-order valence-corrected chi connectivity index (χ4v) is 5.16. The van der Waals surface area contributed by atoms with Gasteiger partial charge in [0.15, 0.2) is 0 Å². The fraction of sp³-hybridized carbons (Fsp3) is 0.371. The largest absolute Gasteiger partial charge is 0.497 e. The number of alkyl carbamates (subject to hydrolysis) is 1. The summed E-state index contributed by atoms with van der Waals surface area (Å²) in [5, 5.41) is 8.00. The van der Waals surface area contributed by atoms with Crippen LogP contribution in [0.2, 0.25) is 0 Å². The van der Waals surface area contributed by atoms with E-state index in [1.54, 1.807) is 64.3 Å². The molecule has 3 aromatic rings. The van der Waals surface area contributed by atoms with E-state index < -0.39 is 57.4 Å². The van der Waals surface area contributed by atoms with Gasteiger partial charge < -0.3 is 30.2 Å². The van der Waals surface area contributed by atoms with E-state index in [1.165, 1.54) is 12.1 Å². The first-order valence-corrected chi connectivity index (χ1v) is 17.1. The van der Waals surface area contributed by atoms with E-state index >= 15 is 0 Å². The Bertz CT molecular complexity index is 1660. The van der Waals surface area contributed by atoms with Crippen LogP contribution in [0, 0.1) is 0 Å². The van der Waals surface area contributed by atoms with E-state index in [-0.39, 0.29) is 32.4 Å². The third kappa shape index (κ3) is 14.8. The van der Waals surface area contributed by atoms with Crippen LogP contribution in [-0.4, -0.2) is 61.6 Å². The molecule has 0 heterocycles. The molecule has 2 atom stereocenters. The molecule has 0 saturated carbocycles. The standard InChI is InChI=1S/C35H43N3O10S/c1-35(2,3)48-34(42)38-30(20-24-10-12-27(13-11-24)23-49(43,44)45)33(41)37-29(18-19-31(39)47-22-26-8-6-5-7-9-26)32(40)36-21-25-14-16-28(46-4)17-15-25/h5-17,29-30H,18-23H2,1-4H3,(H,36,40)(H,37,41)(H,38,42)(H,43,44,45)/t29-,30-/m0/s1. The molecule has 3 aromatic carbocycles. The molecule has 0 bridgehead atoms. The number of benzene rings is 3. The summed E-state index contributed by atoms with van der Waals surface area (Å²) < 4.78 is 47.6. The molecule has 0 radical (unpaired) electrons. The maximum absolute atomic E-state index is 13.7. The number of methoxy groups -OCH3 is 1. The highest BCUT2D eigenvalue weighted by Crippen LogP contribution is 2.14. The Hall–Kier alpha value is -4.95. The zero-order valence-electron chi connectivity index (χ0n) is 27.9. The second kappa shape index (κ2) is 18.0. The number of hydrogen-bond donors (Lipinski definition) is 4. The number of hydrogen-bond acceptors (Lipinski definition) is 9. The molecule has 4 N–H and O–H groups in total. The molecule has 3 rings (SSSR count). The average molecular weight is 698 g/mol. The SMILES string of the molecule is COc1ccc(CNC(=O)[C@H](CCC(=O)OCc2ccccc2)NC(=O)[C@H](Cc2ccc(CS(=O)(=O)O)cc2)NC(=O)OC(C)(C)C)cc1. The fourth-order valence-electron chi connectivity index (χ4n) is 4.55. The first kappa shape index (κ1) is 38.5. The number of carbonyl (C=O) groups is 4. The van der Waals surface area contributed by atoms with Gasteiger partial charge in [-0.15, -0.1) is 0 Å². The molecule has 0 fully saturated rings. The van der Waals surface area contributed by atoms with E-state index in [1.807, 2.05) is 30.3 Å². The van der Waals surface area contributed by atoms with E-state index in [0.717, 1.165) is 11.1 Å². The minimum Gasteiger partial charge on any atom is -0.497 e. The van der Waals surface area contributed by atoms with Crippen molar-refractivity contribution in [1.82, 2.24) is 16.0 Å². The Balaban J connectivity index is 1.77. The van der Waals surface area contributed by atoms with Crippen molar-refractivity contribution in [3.8, 4) is 5.75 Å². The van der Waals surface area contributed by atoms with Crippen molar-refractivity contribution in [2.75, 3.05) is 7.11 Å². The first-order valence-electron chi connectivity index (χ1n) is 15.5. The Kier molecular flexibility index (Phi) is 14.1. The summed E-state index contributed by atoms with van der Waals surface area (Å²) in [5.41, 5.74) is 1.55. The lowest BCUT2D eigenvalue weighted by Gasteiger charge is -2.25. The van der Waals surface area contributed by atoms with Gasteiger partial charge in [0.2, 0.25) is 11.8 Å². The smallest absolute Gasteiger partial charge is 0.408 e. The maximum Gasteiger partial charge on any atom is 0.408 e. The average Bonchev–Trinajstić information content (AvgIpc) is 3.04. The van der Waals surface area contributed by atoms with Gasteiger partial charge in [-0.25, -0.2) is 4.79 Å². The third-order valence-corrected chi connectivity index (χ3v) is 7.66. The highest BCUT2D eigenvalue weighted by molar-refractivity contribution is 7.85. The predicted octanol–water partition coefficient (Wildman–Crippen LogP) is 3.84. The predicted molar refractivity (Wildman–Crippen MR) is 181 cm³/mol. The molecule has 264 valence electrons. The normalized spacial score (nSPS) is 12.6. The van der Waals surface area contributed by atoms with Crippen LogP contribution >= 0.6 is 0 Å². The summed E-state index contributed by atoms with van der Waals surface area (Å²) in [6, 6.07) is 19.8. The van der Waals surface area contributed by atoms with Gasteiger partial charge in [0, 0.05) is 19.4 Å². The van der Waals surface area contributed by atoms with Crippen LogP contribution in [0.5, 0.6) is 5.75 Å². The summed E-state index contributed by atoms with van der Waals surface area (Å²) in [4.78, 5) is 52.5. The molecule has 0 aliphatic heterocycles. The van der Waals surface area contributed by atoms with Gasteiger partial charge in [-0.1, -0.05) is 66.7 Å². The topological polar surface area (TPSA) is 186 Å². The summed E-state index contributed by atoms with van der Waals surface area (Å²) in [6.07, 6.45) is -1.22. The number of ether oxygens (including phenoxy) is 3. The molecule has 0 spiro atoms. The Morgan fingerprint density at radius 3 is 1.98 bits per heavy atom. The lowest BCUT2D eigenvalue weighted by Crippen LogP contribution is -2.55.